The summed E-state index contributed by atoms with van der Waals surface area (Å²) in [6, 6.07) is 3.59. The standard InChI is InChI=1S/C14H19Cl2NO2/c1-4-12(17)6-10-5-11(16)7-13(18-3)14(10)19-8-9(2)15/h5,7,12H,2,4,6,8,17H2,1,3H3. The normalized spacial score (nSPS) is 12.1. The molecule has 0 amide bonds. The molecule has 0 aliphatic rings. The van der Waals surface area contributed by atoms with E-state index in [0.29, 0.717) is 28.0 Å². The van der Waals surface area contributed by atoms with E-state index >= 15 is 0 Å². The van der Waals surface area contributed by atoms with Crippen LogP contribution < -0.4 is 15.2 Å². The van der Waals surface area contributed by atoms with Crippen molar-refractivity contribution in [2.75, 3.05) is 13.7 Å². The van der Waals surface area contributed by atoms with E-state index in [4.69, 9.17) is 38.4 Å². The molecule has 1 aromatic carbocycles. The third-order valence-corrected chi connectivity index (χ3v) is 3.02. The van der Waals surface area contributed by atoms with Crippen LogP contribution in [0.3, 0.4) is 0 Å². The third kappa shape index (κ3) is 4.94. The van der Waals surface area contributed by atoms with E-state index in [0.717, 1.165) is 12.0 Å². The van der Waals surface area contributed by atoms with Gasteiger partial charge >= 0.3 is 0 Å². The van der Waals surface area contributed by atoms with Crippen molar-refractivity contribution >= 4 is 23.2 Å². The summed E-state index contributed by atoms with van der Waals surface area (Å²) in [4.78, 5) is 0. The number of hydrogen-bond donors (Lipinski definition) is 1. The fraction of sp³-hybridized carbons (Fsp3) is 0.429. The largest absolute Gasteiger partial charge is 0.493 e. The third-order valence-electron chi connectivity index (χ3n) is 2.70. The number of nitrogens with two attached hydrogens (primary N) is 1. The lowest BCUT2D eigenvalue weighted by atomic mass is 10.0. The van der Waals surface area contributed by atoms with Gasteiger partial charge in [-0.15, -0.1) is 0 Å². The van der Waals surface area contributed by atoms with Gasteiger partial charge in [-0.05, 0) is 18.9 Å². The molecular weight excluding hydrogens is 285 g/mol. The van der Waals surface area contributed by atoms with Crippen molar-refractivity contribution in [2.45, 2.75) is 25.8 Å². The van der Waals surface area contributed by atoms with Crippen molar-refractivity contribution in [3.05, 3.63) is 34.3 Å². The van der Waals surface area contributed by atoms with Crippen molar-refractivity contribution in [2.24, 2.45) is 5.73 Å². The Morgan fingerprint density at radius 3 is 2.68 bits per heavy atom. The first-order chi connectivity index (χ1) is 8.97. The Labute approximate surface area is 124 Å². The molecule has 106 valence electrons. The van der Waals surface area contributed by atoms with E-state index in [-0.39, 0.29) is 12.6 Å². The molecule has 1 unspecified atom stereocenters. The quantitative estimate of drug-likeness (QED) is 0.834. The van der Waals surface area contributed by atoms with Crippen molar-refractivity contribution < 1.29 is 9.47 Å². The van der Waals surface area contributed by atoms with Crippen LogP contribution in [0.25, 0.3) is 0 Å². The SMILES string of the molecule is C=C(Cl)COc1c(CC(N)CC)cc(Cl)cc1OC. The second kappa shape index (κ2) is 7.63. The molecule has 0 aliphatic carbocycles. The Hall–Kier alpha value is -0.900. The smallest absolute Gasteiger partial charge is 0.165 e. The maximum atomic E-state index is 6.07. The highest BCUT2D eigenvalue weighted by molar-refractivity contribution is 6.31. The average Bonchev–Trinajstić information content (AvgIpc) is 2.36. The van der Waals surface area contributed by atoms with Gasteiger partial charge in [-0.1, -0.05) is 36.7 Å². The maximum Gasteiger partial charge on any atom is 0.165 e. The monoisotopic (exact) mass is 303 g/mol. The van der Waals surface area contributed by atoms with Crippen LogP contribution in [0.15, 0.2) is 23.7 Å². The van der Waals surface area contributed by atoms with Gasteiger partial charge in [0.05, 0.1) is 7.11 Å². The summed E-state index contributed by atoms with van der Waals surface area (Å²) in [6.45, 7) is 5.85. The maximum absolute atomic E-state index is 6.07. The summed E-state index contributed by atoms with van der Waals surface area (Å²) in [5, 5.41) is 1.01. The van der Waals surface area contributed by atoms with Crippen LogP contribution in [0.2, 0.25) is 5.02 Å². The first-order valence-corrected chi connectivity index (χ1v) is 6.81. The number of halogens is 2. The first-order valence-electron chi connectivity index (χ1n) is 6.06. The molecule has 1 atom stereocenters. The zero-order valence-electron chi connectivity index (χ0n) is 11.2. The van der Waals surface area contributed by atoms with Crippen molar-refractivity contribution in [3.63, 3.8) is 0 Å². The van der Waals surface area contributed by atoms with Gasteiger partial charge in [-0.3, -0.25) is 0 Å². The number of benzene rings is 1. The van der Waals surface area contributed by atoms with Gasteiger partial charge in [0, 0.05) is 27.7 Å². The van der Waals surface area contributed by atoms with Crippen molar-refractivity contribution in [1.82, 2.24) is 0 Å². The van der Waals surface area contributed by atoms with Crippen LogP contribution in [0.4, 0.5) is 0 Å². The number of hydrogen-bond acceptors (Lipinski definition) is 3. The van der Waals surface area contributed by atoms with Gasteiger partial charge in [0.15, 0.2) is 11.5 Å². The summed E-state index contributed by atoms with van der Waals surface area (Å²) in [7, 11) is 1.57. The van der Waals surface area contributed by atoms with Crippen LogP contribution in [0.1, 0.15) is 18.9 Å². The highest BCUT2D eigenvalue weighted by Gasteiger charge is 2.15. The molecule has 1 rings (SSSR count). The van der Waals surface area contributed by atoms with Crippen LogP contribution in [-0.4, -0.2) is 19.8 Å². The molecule has 19 heavy (non-hydrogen) atoms. The molecule has 0 aromatic heterocycles. The second-order valence-electron chi connectivity index (χ2n) is 4.27. The van der Waals surface area contributed by atoms with E-state index in [1.807, 2.05) is 13.0 Å². The Morgan fingerprint density at radius 1 is 1.47 bits per heavy atom. The predicted octanol–water partition coefficient (Wildman–Crippen LogP) is 3.76. The van der Waals surface area contributed by atoms with Gasteiger partial charge < -0.3 is 15.2 Å². The molecule has 5 heteroatoms. The number of methoxy groups -OCH3 is 1. The van der Waals surface area contributed by atoms with Gasteiger partial charge in [0.2, 0.25) is 0 Å². The van der Waals surface area contributed by atoms with Gasteiger partial charge in [0.1, 0.15) is 6.61 Å². The van der Waals surface area contributed by atoms with Crippen LogP contribution in [-0.2, 0) is 6.42 Å². The molecule has 0 saturated heterocycles. The van der Waals surface area contributed by atoms with Crippen molar-refractivity contribution in [1.29, 1.82) is 0 Å². The van der Waals surface area contributed by atoms with E-state index in [9.17, 15) is 0 Å². The minimum atomic E-state index is 0.0460. The molecule has 1 aromatic rings. The molecule has 0 heterocycles. The van der Waals surface area contributed by atoms with Gasteiger partial charge in [0.25, 0.3) is 0 Å². The lowest BCUT2D eigenvalue weighted by molar-refractivity contribution is 0.320. The zero-order chi connectivity index (χ0) is 14.4. The predicted molar refractivity (Wildman–Crippen MR) is 80.5 cm³/mol. The average molecular weight is 304 g/mol. The minimum absolute atomic E-state index is 0.0460. The number of rotatable bonds is 7. The van der Waals surface area contributed by atoms with E-state index in [2.05, 4.69) is 6.58 Å². The Bertz CT molecular complexity index is 449. The summed E-state index contributed by atoms with van der Waals surface area (Å²) in [5.41, 5.74) is 6.90. The molecule has 0 bridgehead atoms. The Balaban J connectivity index is 3.09. The topological polar surface area (TPSA) is 44.5 Å². The van der Waals surface area contributed by atoms with Crippen molar-refractivity contribution in [3.8, 4) is 11.5 Å². The summed E-state index contributed by atoms with van der Waals surface area (Å²) < 4.78 is 10.9. The van der Waals surface area contributed by atoms with Crippen LogP contribution >= 0.6 is 23.2 Å². The van der Waals surface area contributed by atoms with E-state index in [1.165, 1.54) is 0 Å². The molecule has 3 nitrogen and oxygen atoms in total. The lowest BCUT2D eigenvalue weighted by Gasteiger charge is -2.17. The molecular formula is C14H19Cl2NO2. The Kier molecular flexibility index (Phi) is 6.49. The minimum Gasteiger partial charge on any atom is -0.493 e. The summed E-state index contributed by atoms with van der Waals surface area (Å²) >= 11 is 11.8. The van der Waals surface area contributed by atoms with Gasteiger partial charge in [-0.25, -0.2) is 0 Å². The molecule has 0 fully saturated rings. The zero-order valence-corrected chi connectivity index (χ0v) is 12.7. The van der Waals surface area contributed by atoms with Gasteiger partial charge in [-0.2, -0.15) is 0 Å². The second-order valence-corrected chi connectivity index (χ2v) is 5.25. The highest BCUT2D eigenvalue weighted by atomic mass is 35.5. The fourth-order valence-electron chi connectivity index (χ4n) is 1.67. The fourth-order valence-corrected chi connectivity index (χ4v) is 1.95. The molecule has 0 spiro atoms. The number of ether oxygens (including phenoxy) is 2. The Morgan fingerprint density at radius 2 is 2.16 bits per heavy atom. The summed E-state index contributed by atoms with van der Waals surface area (Å²) in [6.07, 6.45) is 1.54. The summed E-state index contributed by atoms with van der Waals surface area (Å²) in [5.74, 6) is 1.20. The first kappa shape index (κ1) is 16.2. The van der Waals surface area contributed by atoms with E-state index in [1.54, 1.807) is 13.2 Å². The molecule has 0 radical (unpaired) electrons. The molecule has 2 N–H and O–H groups in total. The highest BCUT2D eigenvalue weighted by Crippen LogP contribution is 2.35. The van der Waals surface area contributed by atoms with E-state index < -0.39 is 0 Å². The molecule has 0 saturated carbocycles. The van der Waals surface area contributed by atoms with Crippen LogP contribution in [0.5, 0.6) is 11.5 Å². The van der Waals surface area contributed by atoms with Crippen LogP contribution in [0, 0.1) is 0 Å². The lowest BCUT2D eigenvalue weighted by Crippen LogP contribution is -2.22. The molecule has 0 aliphatic heterocycles.